The van der Waals surface area contributed by atoms with Gasteiger partial charge in [-0.25, -0.2) is 4.98 Å². The molecule has 2 heterocycles. The van der Waals surface area contributed by atoms with Crippen LogP contribution in [0.3, 0.4) is 0 Å². The van der Waals surface area contributed by atoms with Crippen molar-refractivity contribution >= 4 is 60.1 Å². The fourth-order valence-electron chi connectivity index (χ4n) is 4.13. The van der Waals surface area contributed by atoms with Crippen LogP contribution in [0.15, 0.2) is 51.4 Å². The number of sulfonamides is 1. The van der Waals surface area contributed by atoms with Crippen LogP contribution in [0.4, 0.5) is 18.9 Å². The minimum absolute atomic E-state index is 0.115. The van der Waals surface area contributed by atoms with E-state index in [4.69, 9.17) is 16.0 Å². The quantitative estimate of drug-likeness (QED) is 0.251. The molecule has 38 heavy (non-hydrogen) atoms. The summed E-state index contributed by atoms with van der Waals surface area (Å²) in [5.41, 5.74) is -4.19. The Morgan fingerprint density at radius 1 is 1.24 bits per heavy atom. The Balaban J connectivity index is 1.55. The number of hydrogen-bond acceptors (Lipinski definition) is 5. The van der Waals surface area contributed by atoms with E-state index >= 15 is 0 Å². The number of nitrogens with one attached hydrogen (secondary N) is 2. The molecule has 0 bridgehead atoms. The highest BCUT2D eigenvalue weighted by atomic mass is 79.9. The second kappa shape index (κ2) is 9.62. The standard InChI is InChI=1S/C24H19BrClF3N4O4S/c1-30-23(34)19-21(26)31-22(13-7-8-13)33(19)11-12-6-9-17-15(10-12)18(25)20(37-17)14-4-2-3-5-16(14)32-38(35,36)24(27,28)29/h2-6,9-10,13,32H,7-8,11H2,1H3,(H,30,34). The summed E-state index contributed by atoms with van der Waals surface area (Å²) in [7, 11) is -4.13. The molecule has 0 spiro atoms. The van der Waals surface area contributed by atoms with Gasteiger partial charge in [0, 0.05) is 30.5 Å². The predicted molar refractivity (Wildman–Crippen MR) is 140 cm³/mol. The number of para-hydroxylation sites is 1. The van der Waals surface area contributed by atoms with Crippen LogP contribution in [-0.4, -0.2) is 36.4 Å². The number of hydrogen-bond donors (Lipinski definition) is 2. The minimum Gasteiger partial charge on any atom is -0.455 e. The molecule has 0 saturated heterocycles. The molecule has 5 rings (SSSR count). The fraction of sp³-hybridized carbons (Fsp3) is 0.250. The van der Waals surface area contributed by atoms with E-state index in [-0.39, 0.29) is 39.7 Å². The van der Waals surface area contributed by atoms with Crippen molar-refractivity contribution in [3.8, 4) is 11.3 Å². The van der Waals surface area contributed by atoms with E-state index in [0.717, 1.165) is 24.2 Å². The first kappa shape index (κ1) is 26.6. The van der Waals surface area contributed by atoms with Gasteiger partial charge in [0.2, 0.25) is 0 Å². The molecule has 0 radical (unpaired) electrons. The average Bonchev–Trinajstić information content (AvgIpc) is 3.58. The van der Waals surface area contributed by atoms with Gasteiger partial charge in [0.05, 0.1) is 10.2 Å². The summed E-state index contributed by atoms with van der Waals surface area (Å²) in [4.78, 5) is 16.9. The monoisotopic (exact) mass is 630 g/mol. The highest BCUT2D eigenvalue weighted by Crippen LogP contribution is 2.43. The molecule has 0 atom stereocenters. The zero-order valence-corrected chi connectivity index (χ0v) is 22.7. The van der Waals surface area contributed by atoms with Crippen molar-refractivity contribution in [3.63, 3.8) is 0 Å². The highest BCUT2D eigenvalue weighted by Gasteiger charge is 2.46. The number of halogens is 5. The maximum atomic E-state index is 13.0. The molecule has 1 saturated carbocycles. The molecule has 2 aromatic heterocycles. The van der Waals surface area contributed by atoms with Crippen LogP contribution in [0.5, 0.6) is 0 Å². The van der Waals surface area contributed by atoms with Crippen LogP contribution in [0.1, 0.15) is 40.6 Å². The van der Waals surface area contributed by atoms with E-state index in [1.54, 1.807) is 27.5 Å². The van der Waals surface area contributed by atoms with E-state index in [9.17, 15) is 26.4 Å². The number of aromatic nitrogens is 2. The van der Waals surface area contributed by atoms with Crippen LogP contribution in [0.25, 0.3) is 22.3 Å². The Morgan fingerprint density at radius 2 is 1.95 bits per heavy atom. The Hall–Kier alpha value is -3.03. The number of benzene rings is 2. The van der Waals surface area contributed by atoms with Gasteiger partial charge in [0.15, 0.2) is 10.9 Å². The lowest BCUT2D eigenvalue weighted by Gasteiger charge is -2.13. The first-order valence-electron chi connectivity index (χ1n) is 11.3. The number of carbonyl (C=O) groups is 1. The molecule has 14 heteroatoms. The van der Waals surface area contributed by atoms with Crippen LogP contribution in [-0.2, 0) is 16.6 Å². The van der Waals surface area contributed by atoms with Crippen molar-refractivity contribution in [2.75, 3.05) is 11.8 Å². The summed E-state index contributed by atoms with van der Waals surface area (Å²) in [6.45, 7) is 0.291. The zero-order valence-electron chi connectivity index (χ0n) is 19.6. The predicted octanol–water partition coefficient (Wildman–Crippen LogP) is 6.26. The van der Waals surface area contributed by atoms with Crippen molar-refractivity contribution in [1.29, 1.82) is 0 Å². The van der Waals surface area contributed by atoms with Crippen molar-refractivity contribution in [3.05, 3.63) is 69.2 Å². The van der Waals surface area contributed by atoms with Gasteiger partial charge in [-0.1, -0.05) is 29.8 Å². The maximum Gasteiger partial charge on any atom is 0.516 e. The second-order valence-electron chi connectivity index (χ2n) is 8.72. The number of fused-ring (bicyclic) bond motifs is 1. The zero-order chi connectivity index (χ0) is 27.4. The number of anilines is 1. The van der Waals surface area contributed by atoms with Gasteiger partial charge < -0.3 is 14.3 Å². The number of amides is 1. The van der Waals surface area contributed by atoms with Crippen LogP contribution in [0.2, 0.25) is 5.15 Å². The van der Waals surface area contributed by atoms with Gasteiger partial charge in [-0.2, -0.15) is 21.6 Å². The number of imidazole rings is 1. The van der Waals surface area contributed by atoms with Gasteiger partial charge >= 0.3 is 15.5 Å². The molecule has 2 aromatic carbocycles. The maximum absolute atomic E-state index is 13.0. The largest absolute Gasteiger partial charge is 0.516 e. The Labute approximate surface area is 228 Å². The van der Waals surface area contributed by atoms with E-state index in [1.165, 1.54) is 25.2 Å². The van der Waals surface area contributed by atoms with E-state index in [1.807, 2.05) is 6.07 Å². The summed E-state index contributed by atoms with van der Waals surface area (Å²) in [6, 6.07) is 10.9. The molecule has 1 aliphatic rings. The summed E-state index contributed by atoms with van der Waals surface area (Å²) >= 11 is 9.77. The third-order valence-electron chi connectivity index (χ3n) is 6.09. The van der Waals surface area contributed by atoms with Gasteiger partial charge in [-0.15, -0.1) is 0 Å². The van der Waals surface area contributed by atoms with E-state index < -0.39 is 15.5 Å². The fourth-order valence-corrected chi connectivity index (χ4v) is 5.59. The second-order valence-corrected chi connectivity index (χ2v) is 11.5. The van der Waals surface area contributed by atoms with Gasteiger partial charge in [0.25, 0.3) is 5.91 Å². The van der Waals surface area contributed by atoms with E-state index in [0.29, 0.717) is 22.0 Å². The molecule has 1 aliphatic carbocycles. The lowest BCUT2D eigenvalue weighted by molar-refractivity contribution is -0.0429. The highest BCUT2D eigenvalue weighted by molar-refractivity contribution is 9.10. The van der Waals surface area contributed by atoms with Crippen LogP contribution < -0.4 is 10.0 Å². The number of rotatable bonds is 7. The summed E-state index contributed by atoms with van der Waals surface area (Å²) < 4.78 is 72.1. The average molecular weight is 632 g/mol. The van der Waals surface area contributed by atoms with Crippen molar-refractivity contribution in [2.24, 2.45) is 0 Å². The van der Waals surface area contributed by atoms with Gasteiger partial charge in [-0.3, -0.25) is 9.52 Å². The lowest BCUT2D eigenvalue weighted by atomic mass is 10.1. The Bertz CT molecular complexity index is 1680. The molecular formula is C24H19BrClF3N4O4S. The molecule has 4 aromatic rings. The number of furan rings is 1. The molecule has 8 nitrogen and oxygen atoms in total. The van der Waals surface area contributed by atoms with Gasteiger partial charge in [0.1, 0.15) is 17.1 Å². The Kier molecular flexibility index (Phi) is 6.72. The number of carbonyl (C=O) groups excluding carboxylic acids is 1. The van der Waals surface area contributed by atoms with Crippen molar-refractivity contribution in [1.82, 2.24) is 14.9 Å². The third kappa shape index (κ3) is 4.78. The number of alkyl halides is 3. The summed E-state index contributed by atoms with van der Waals surface area (Å²) in [5, 5.41) is 3.31. The Morgan fingerprint density at radius 3 is 2.61 bits per heavy atom. The lowest BCUT2D eigenvalue weighted by Crippen LogP contribution is -2.30. The third-order valence-corrected chi connectivity index (χ3v) is 8.24. The topological polar surface area (TPSA) is 106 Å². The van der Waals surface area contributed by atoms with Crippen molar-refractivity contribution < 1.29 is 30.8 Å². The summed E-state index contributed by atoms with van der Waals surface area (Å²) in [5.74, 6) is 0.735. The van der Waals surface area contributed by atoms with Crippen LogP contribution >= 0.6 is 27.5 Å². The normalized spacial score (nSPS) is 14.2. The first-order valence-corrected chi connectivity index (χ1v) is 13.9. The minimum atomic E-state index is -5.64. The van der Waals surface area contributed by atoms with E-state index in [2.05, 4.69) is 26.2 Å². The molecule has 200 valence electrons. The first-order chi connectivity index (χ1) is 17.9. The summed E-state index contributed by atoms with van der Waals surface area (Å²) in [6.07, 6.45) is 1.90. The molecular weight excluding hydrogens is 613 g/mol. The molecule has 2 N–H and O–H groups in total. The van der Waals surface area contributed by atoms with Gasteiger partial charge in [-0.05, 0) is 58.6 Å². The molecule has 1 fully saturated rings. The SMILES string of the molecule is CNC(=O)c1c(Cl)nc(C2CC2)n1Cc1ccc2oc(-c3ccccc3NS(=O)(=O)C(F)(F)F)c(Br)c2c1. The van der Waals surface area contributed by atoms with Crippen molar-refractivity contribution in [2.45, 2.75) is 30.8 Å². The van der Waals surface area contributed by atoms with Crippen LogP contribution in [0, 0.1) is 0 Å². The smallest absolute Gasteiger partial charge is 0.455 e. The number of nitrogens with zero attached hydrogens (tertiary/aromatic N) is 2. The molecule has 0 unspecified atom stereocenters. The molecule has 0 aliphatic heterocycles. The molecule has 1 amide bonds.